The maximum absolute atomic E-state index is 12.8. The molecule has 4 rings (SSSR count). The summed E-state index contributed by atoms with van der Waals surface area (Å²) < 4.78 is 5.25. The van der Waals surface area contributed by atoms with E-state index in [1.807, 2.05) is 61.6 Å². The predicted molar refractivity (Wildman–Crippen MR) is 129 cm³/mol. The number of anilines is 1. The molecule has 1 aliphatic heterocycles. The molecule has 0 saturated carbocycles. The first kappa shape index (κ1) is 21.9. The van der Waals surface area contributed by atoms with Crippen molar-refractivity contribution in [3.63, 3.8) is 0 Å². The molecule has 1 amide bonds. The van der Waals surface area contributed by atoms with Gasteiger partial charge in [-0.15, -0.1) is 0 Å². The number of rotatable bonds is 7. The quantitative estimate of drug-likeness (QED) is 0.561. The first-order valence-electron chi connectivity index (χ1n) is 11.1. The maximum Gasteiger partial charge on any atom is 0.253 e. The van der Waals surface area contributed by atoms with Crippen LogP contribution in [0.5, 0.6) is 5.75 Å². The van der Waals surface area contributed by atoms with Gasteiger partial charge in [-0.3, -0.25) is 9.69 Å². The minimum absolute atomic E-state index is 0.0495. The number of carbonyl (C=O) groups is 1. The van der Waals surface area contributed by atoms with Crippen LogP contribution in [0.15, 0.2) is 78.9 Å². The molecule has 1 heterocycles. The highest BCUT2D eigenvalue weighted by molar-refractivity contribution is 5.94. The average Bonchev–Trinajstić information content (AvgIpc) is 2.85. The molecule has 0 radical (unpaired) electrons. The van der Waals surface area contributed by atoms with E-state index in [0.29, 0.717) is 6.54 Å². The second-order valence-electron chi connectivity index (χ2n) is 8.30. The van der Waals surface area contributed by atoms with Crippen molar-refractivity contribution < 1.29 is 9.53 Å². The van der Waals surface area contributed by atoms with E-state index in [2.05, 4.69) is 34.1 Å². The summed E-state index contributed by atoms with van der Waals surface area (Å²) in [6.07, 6.45) is 0. The van der Waals surface area contributed by atoms with Crippen LogP contribution in [-0.4, -0.2) is 56.0 Å². The Labute approximate surface area is 190 Å². The van der Waals surface area contributed by atoms with Gasteiger partial charge in [-0.05, 0) is 47.5 Å². The normalized spacial score (nSPS) is 14.2. The van der Waals surface area contributed by atoms with Crippen LogP contribution < -0.4 is 9.64 Å². The third-order valence-electron chi connectivity index (χ3n) is 6.03. The number of carbonyl (C=O) groups excluding carboxylic acids is 1. The van der Waals surface area contributed by atoms with Crippen LogP contribution in [0, 0.1) is 0 Å². The minimum Gasteiger partial charge on any atom is -0.497 e. The Kier molecular flexibility index (Phi) is 7.07. The molecule has 32 heavy (non-hydrogen) atoms. The van der Waals surface area contributed by atoms with Crippen molar-refractivity contribution in [1.82, 2.24) is 9.80 Å². The van der Waals surface area contributed by atoms with Crippen LogP contribution >= 0.6 is 0 Å². The molecule has 0 spiro atoms. The number of nitrogens with zero attached hydrogens (tertiary/aromatic N) is 3. The van der Waals surface area contributed by atoms with E-state index >= 15 is 0 Å². The highest BCUT2D eigenvalue weighted by Crippen LogP contribution is 2.21. The lowest BCUT2D eigenvalue weighted by molar-refractivity contribution is 0.0785. The molecule has 1 aliphatic rings. The summed E-state index contributed by atoms with van der Waals surface area (Å²) in [4.78, 5) is 19.4. The zero-order chi connectivity index (χ0) is 22.3. The number of methoxy groups -OCH3 is 1. The van der Waals surface area contributed by atoms with Crippen molar-refractivity contribution >= 4 is 11.6 Å². The van der Waals surface area contributed by atoms with E-state index in [1.54, 1.807) is 12.0 Å². The summed E-state index contributed by atoms with van der Waals surface area (Å²) in [5.74, 6) is 0.939. The van der Waals surface area contributed by atoms with E-state index in [4.69, 9.17) is 4.74 Å². The molecule has 0 aromatic heterocycles. The lowest BCUT2D eigenvalue weighted by atomic mass is 10.1. The van der Waals surface area contributed by atoms with Crippen molar-refractivity contribution in [3.8, 4) is 5.75 Å². The van der Waals surface area contributed by atoms with Gasteiger partial charge in [0, 0.05) is 57.6 Å². The Balaban J connectivity index is 1.28. The molecule has 1 saturated heterocycles. The van der Waals surface area contributed by atoms with Crippen molar-refractivity contribution in [1.29, 1.82) is 0 Å². The summed E-state index contributed by atoms with van der Waals surface area (Å²) in [5.41, 5.74) is 4.35. The Morgan fingerprint density at radius 1 is 0.844 bits per heavy atom. The minimum atomic E-state index is 0.0495. The van der Waals surface area contributed by atoms with E-state index in [9.17, 15) is 4.79 Å². The summed E-state index contributed by atoms with van der Waals surface area (Å²) >= 11 is 0. The first-order valence-corrected chi connectivity index (χ1v) is 11.1. The van der Waals surface area contributed by atoms with Gasteiger partial charge in [0.15, 0.2) is 0 Å². The van der Waals surface area contributed by atoms with Gasteiger partial charge >= 0.3 is 0 Å². The summed E-state index contributed by atoms with van der Waals surface area (Å²) in [5, 5.41) is 0. The van der Waals surface area contributed by atoms with Gasteiger partial charge in [0.1, 0.15) is 5.75 Å². The van der Waals surface area contributed by atoms with Crippen LogP contribution in [0.2, 0.25) is 0 Å². The van der Waals surface area contributed by atoms with Crippen LogP contribution in [0.1, 0.15) is 21.5 Å². The smallest absolute Gasteiger partial charge is 0.253 e. The molecule has 5 nitrogen and oxygen atoms in total. The molecular weight excluding hydrogens is 398 g/mol. The number of piperazine rings is 1. The number of amides is 1. The third-order valence-corrected chi connectivity index (χ3v) is 6.03. The number of hydrogen-bond acceptors (Lipinski definition) is 4. The van der Waals surface area contributed by atoms with Crippen molar-refractivity contribution in [3.05, 3.63) is 95.6 Å². The molecule has 166 valence electrons. The van der Waals surface area contributed by atoms with Gasteiger partial charge < -0.3 is 14.5 Å². The lowest BCUT2D eigenvalue weighted by Crippen LogP contribution is -2.45. The molecular formula is C27H31N3O2. The summed E-state index contributed by atoms with van der Waals surface area (Å²) in [7, 11) is 3.55. The first-order chi connectivity index (χ1) is 15.6. The third kappa shape index (κ3) is 5.48. The fraction of sp³-hybridized carbons (Fsp3) is 0.296. The van der Waals surface area contributed by atoms with Crippen molar-refractivity contribution in [2.75, 3.05) is 45.2 Å². The maximum atomic E-state index is 12.8. The summed E-state index contributed by atoms with van der Waals surface area (Å²) in [6, 6.07) is 26.4. The van der Waals surface area contributed by atoms with E-state index in [-0.39, 0.29) is 5.91 Å². The van der Waals surface area contributed by atoms with Gasteiger partial charge in [0.25, 0.3) is 5.91 Å². The lowest BCUT2D eigenvalue weighted by Gasteiger charge is -2.36. The Hall–Kier alpha value is -3.31. The predicted octanol–water partition coefficient (Wildman–Crippen LogP) is 4.29. The van der Waals surface area contributed by atoms with Crippen LogP contribution in [-0.2, 0) is 13.1 Å². The second-order valence-corrected chi connectivity index (χ2v) is 8.30. The highest BCUT2D eigenvalue weighted by atomic mass is 16.5. The molecule has 0 aliphatic carbocycles. The van der Waals surface area contributed by atoms with E-state index in [0.717, 1.165) is 49.6 Å². The number of hydrogen-bond donors (Lipinski definition) is 0. The Morgan fingerprint density at radius 3 is 2.12 bits per heavy atom. The van der Waals surface area contributed by atoms with Crippen molar-refractivity contribution in [2.24, 2.45) is 0 Å². The fourth-order valence-corrected chi connectivity index (χ4v) is 4.12. The van der Waals surface area contributed by atoms with Gasteiger partial charge in [-0.25, -0.2) is 0 Å². The van der Waals surface area contributed by atoms with Gasteiger partial charge in [0.2, 0.25) is 0 Å². The average molecular weight is 430 g/mol. The topological polar surface area (TPSA) is 36.0 Å². The van der Waals surface area contributed by atoms with Gasteiger partial charge in [-0.1, -0.05) is 42.5 Å². The zero-order valence-electron chi connectivity index (χ0n) is 18.9. The standard InChI is InChI=1S/C27H31N3O2/c1-28(20-22-6-4-3-5-7-22)27(31)24-10-8-23(9-11-24)21-29-16-18-30(19-17-29)25-12-14-26(32-2)15-13-25/h3-15H,16-21H2,1-2H3. The van der Waals surface area contributed by atoms with Gasteiger partial charge in [0.05, 0.1) is 7.11 Å². The van der Waals surface area contributed by atoms with Crippen LogP contribution in [0.25, 0.3) is 0 Å². The number of benzene rings is 3. The molecule has 0 bridgehead atoms. The van der Waals surface area contributed by atoms with E-state index in [1.165, 1.54) is 11.3 Å². The van der Waals surface area contributed by atoms with Gasteiger partial charge in [-0.2, -0.15) is 0 Å². The fourth-order valence-electron chi connectivity index (χ4n) is 4.12. The molecule has 3 aromatic rings. The molecule has 1 fully saturated rings. The SMILES string of the molecule is COc1ccc(N2CCN(Cc3ccc(C(=O)N(C)Cc4ccccc4)cc3)CC2)cc1. The largest absolute Gasteiger partial charge is 0.497 e. The Morgan fingerprint density at radius 2 is 1.50 bits per heavy atom. The summed E-state index contributed by atoms with van der Waals surface area (Å²) in [6.45, 7) is 5.57. The van der Waals surface area contributed by atoms with Crippen LogP contribution in [0.3, 0.4) is 0 Å². The Bertz CT molecular complexity index is 995. The zero-order valence-corrected chi connectivity index (χ0v) is 18.9. The van der Waals surface area contributed by atoms with Crippen molar-refractivity contribution in [2.45, 2.75) is 13.1 Å². The molecule has 0 N–H and O–H groups in total. The monoisotopic (exact) mass is 429 g/mol. The molecule has 5 heteroatoms. The molecule has 0 atom stereocenters. The van der Waals surface area contributed by atoms with Crippen LogP contribution in [0.4, 0.5) is 5.69 Å². The molecule has 0 unspecified atom stereocenters. The second kappa shape index (κ2) is 10.3. The van der Waals surface area contributed by atoms with E-state index < -0.39 is 0 Å². The number of ether oxygens (including phenoxy) is 1. The molecule has 3 aromatic carbocycles. The highest BCUT2D eigenvalue weighted by Gasteiger charge is 2.18.